The van der Waals surface area contributed by atoms with Crippen LogP contribution in [0, 0.1) is 0 Å². The lowest BCUT2D eigenvalue weighted by Gasteiger charge is -2.19. The largest absolute Gasteiger partial charge is 0.0622 e. The van der Waals surface area contributed by atoms with Crippen molar-refractivity contribution in [3.05, 3.63) is 133 Å². The summed E-state index contributed by atoms with van der Waals surface area (Å²) in [6, 6.07) is 48.5. The minimum atomic E-state index is 1.25. The van der Waals surface area contributed by atoms with Gasteiger partial charge in [0.1, 0.15) is 0 Å². The van der Waals surface area contributed by atoms with E-state index >= 15 is 0 Å². The van der Waals surface area contributed by atoms with Crippen molar-refractivity contribution >= 4 is 43.1 Å². The molecule has 7 rings (SSSR count). The van der Waals surface area contributed by atoms with Crippen molar-refractivity contribution in [1.29, 1.82) is 0 Å². The first-order valence-corrected chi connectivity index (χ1v) is 11.8. The van der Waals surface area contributed by atoms with Crippen LogP contribution in [0.15, 0.2) is 133 Å². The maximum Gasteiger partial charge on any atom is -0.00141 e. The molecule has 0 unspecified atom stereocenters. The molecule has 0 radical (unpaired) electrons. The Morgan fingerprint density at radius 1 is 0.294 bits per heavy atom. The molecule has 0 aromatic heterocycles. The van der Waals surface area contributed by atoms with E-state index in [1.165, 1.54) is 65.3 Å². The van der Waals surface area contributed by atoms with Gasteiger partial charge >= 0.3 is 0 Å². The fourth-order valence-electron chi connectivity index (χ4n) is 5.59. The van der Waals surface area contributed by atoms with Gasteiger partial charge in [-0.25, -0.2) is 0 Å². The van der Waals surface area contributed by atoms with Gasteiger partial charge in [0.25, 0.3) is 0 Å². The Morgan fingerprint density at radius 2 is 0.824 bits per heavy atom. The van der Waals surface area contributed by atoms with Crippen LogP contribution < -0.4 is 0 Å². The van der Waals surface area contributed by atoms with Gasteiger partial charge in [0, 0.05) is 0 Å². The Kier molecular flexibility index (Phi) is 4.25. The third-order valence-corrected chi connectivity index (χ3v) is 7.05. The molecule has 0 aliphatic rings. The van der Waals surface area contributed by atoms with E-state index in [4.69, 9.17) is 0 Å². The molecule has 0 bridgehead atoms. The second kappa shape index (κ2) is 7.57. The monoisotopic (exact) mass is 430 g/mol. The molecule has 158 valence electrons. The van der Waals surface area contributed by atoms with Crippen molar-refractivity contribution in [3.63, 3.8) is 0 Å². The van der Waals surface area contributed by atoms with Gasteiger partial charge in [0.15, 0.2) is 0 Å². The van der Waals surface area contributed by atoms with Crippen LogP contribution in [0.2, 0.25) is 0 Å². The van der Waals surface area contributed by atoms with Gasteiger partial charge in [0.2, 0.25) is 0 Å². The second-order valence-electron chi connectivity index (χ2n) is 8.89. The van der Waals surface area contributed by atoms with E-state index in [0.29, 0.717) is 0 Å². The van der Waals surface area contributed by atoms with Crippen molar-refractivity contribution < 1.29 is 0 Å². The van der Waals surface area contributed by atoms with Gasteiger partial charge in [0.05, 0.1) is 0 Å². The lowest BCUT2D eigenvalue weighted by Crippen LogP contribution is -1.92. The molecule has 0 saturated heterocycles. The molecule has 0 aliphatic carbocycles. The topological polar surface area (TPSA) is 0 Å². The van der Waals surface area contributed by atoms with Crippen molar-refractivity contribution in [2.45, 2.75) is 0 Å². The van der Waals surface area contributed by atoms with E-state index in [2.05, 4.69) is 133 Å². The van der Waals surface area contributed by atoms with Crippen molar-refractivity contribution in [3.8, 4) is 22.3 Å². The molecule has 0 N–H and O–H groups in total. The van der Waals surface area contributed by atoms with E-state index in [1.807, 2.05) is 0 Å². The van der Waals surface area contributed by atoms with Crippen LogP contribution in [0.5, 0.6) is 0 Å². The molecule has 0 aliphatic heterocycles. The van der Waals surface area contributed by atoms with E-state index < -0.39 is 0 Å². The third kappa shape index (κ3) is 2.79. The minimum absolute atomic E-state index is 1.25. The molecule has 0 heterocycles. The van der Waals surface area contributed by atoms with Crippen molar-refractivity contribution in [2.24, 2.45) is 0 Å². The third-order valence-electron chi connectivity index (χ3n) is 7.05. The van der Waals surface area contributed by atoms with Crippen molar-refractivity contribution in [2.75, 3.05) is 0 Å². The number of fused-ring (bicyclic) bond motifs is 7. The molecule has 0 fully saturated rings. The highest BCUT2D eigenvalue weighted by Crippen LogP contribution is 2.45. The number of hydrogen-bond acceptors (Lipinski definition) is 0. The van der Waals surface area contributed by atoms with E-state index in [0.717, 1.165) is 0 Å². The highest BCUT2D eigenvalue weighted by Gasteiger charge is 2.18. The summed E-state index contributed by atoms with van der Waals surface area (Å²) in [4.78, 5) is 0. The number of rotatable bonds is 2. The van der Waals surface area contributed by atoms with Gasteiger partial charge < -0.3 is 0 Å². The fourth-order valence-corrected chi connectivity index (χ4v) is 5.59. The zero-order chi connectivity index (χ0) is 22.5. The minimum Gasteiger partial charge on any atom is -0.0622 e. The Hall–Kier alpha value is -4.42. The molecule has 0 amide bonds. The molecule has 0 spiro atoms. The highest BCUT2D eigenvalue weighted by molar-refractivity contribution is 6.30. The Balaban J connectivity index is 1.75. The average Bonchev–Trinajstić information content (AvgIpc) is 2.92. The van der Waals surface area contributed by atoms with E-state index in [9.17, 15) is 0 Å². The van der Waals surface area contributed by atoms with E-state index in [1.54, 1.807) is 0 Å². The first kappa shape index (κ1) is 19.1. The summed E-state index contributed by atoms with van der Waals surface area (Å²) in [6.45, 7) is 0. The summed E-state index contributed by atoms with van der Waals surface area (Å²) in [5.74, 6) is 0. The zero-order valence-corrected chi connectivity index (χ0v) is 18.7. The normalized spacial score (nSPS) is 11.5. The molecule has 0 atom stereocenters. The maximum absolute atomic E-state index is 2.33. The zero-order valence-electron chi connectivity index (χ0n) is 18.7. The average molecular weight is 431 g/mol. The molecule has 0 heteroatoms. The van der Waals surface area contributed by atoms with Gasteiger partial charge in [-0.1, -0.05) is 133 Å². The molecule has 0 nitrogen and oxygen atoms in total. The first-order chi connectivity index (χ1) is 16.9. The summed E-state index contributed by atoms with van der Waals surface area (Å²) in [5.41, 5.74) is 5.10. The smallest absolute Gasteiger partial charge is 0.00141 e. The van der Waals surface area contributed by atoms with Gasteiger partial charge in [-0.2, -0.15) is 0 Å². The summed E-state index contributed by atoms with van der Waals surface area (Å²) in [6.07, 6.45) is 0. The summed E-state index contributed by atoms with van der Waals surface area (Å²) in [5, 5.41) is 10.4. The lowest BCUT2D eigenvalue weighted by molar-refractivity contribution is 1.64. The molecule has 34 heavy (non-hydrogen) atoms. The summed E-state index contributed by atoms with van der Waals surface area (Å²) in [7, 11) is 0. The van der Waals surface area contributed by atoms with Crippen molar-refractivity contribution in [1.82, 2.24) is 0 Å². The molecule has 0 saturated carbocycles. The van der Waals surface area contributed by atoms with Gasteiger partial charge in [-0.3, -0.25) is 0 Å². The maximum atomic E-state index is 2.33. The van der Waals surface area contributed by atoms with Gasteiger partial charge in [-0.05, 0) is 65.3 Å². The Labute approximate surface area is 198 Å². The van der Waals surface area contributed by atoms with Crippen LogP contribution in [0.4, 0.5) is 0 Å². The molecular formula is C34H22. The van der Waals surface area contributed by atoms with Crippen LogP contribution in [0.1, 0.15) is 0 Å². The van der Waals surface area contributed by atoms with Crippen LogP contribution in [0.25, 0.3) is 65.3 Å². The first-order valence-electron chi connectivity index (χ1n) is 11.8. The van der Waals surface area contributed by atoms with Crippen LogP contribution >= 0.6 is 0 Å². The molecule has 7 aromatic carbocycles. The second-order valence-corrected chi connectivity index (χ2v) is 8.89. The number of benzene rings is 7. The predicted molar refractivity (Wildman–Crippen MR) is 147 cm³/mol. The Bertz CT molecular complexity index is 1800. The van der Waals surface area contributed by atoms with Crippen LogP contribution in [-0.4, -0.2) is 0 Å². The summed E-state index contributed by atoms with van der Waals surface area (Å²) >= 11 is 0. The fraction of sp³-hybridized carbons (Fsp3) is 0. The van der Waals surface area contributed by atoms with Gasteiger partial charge in [-0.15, -0.1) is 0 Å². The standard InChI is InChI=1S/C34H22/c1-2-12-24(13-3-1)33-31(26-20-10-14-23-11-4-5-15-25(23)26)21-22-32-29-18-7-6-16-27(29)28-17-8-9-19-30(28)34(32)33/h1-22H. The molecule has 7 aromatic rings. The SMILES string of the molecule is c1ccc(-c2c(-c3cccc4ccccc34)ccc3c4ccccc4c4ccccc4c23)cc1. The highest BCUT2D eigenvalue weighted by atomic mass is 14.2. The van der Waals surface area contributed by atoms with E-state index in [-0.39, 0.29) is 0 Å². The predicted octanol–water partition coefficient (Wildman–Crippen LogP) is 9.63. The number of hydrogen-bond donors (Lipinski definition) is 0. The quantitative estimate of drug-likeness (QED) is 0.239. The lowest BCUT2D eigenvalue weighted by atomic mass is 9.84. The Morgan fingerprint density at radius 3 is 1.56 bits per heavy atom. The summed E-state index contributed by atoms with van der Waals surface area (Å²) < 4.78 is 0. The molecular weight excluding hydrogens is 408 g/mol. The van der Waals surface area contributed by atoms with Crippen LogP contribution in [0.3, 0.4) is 0 Å². The van der Waals surface area contributed by atoms with Crippen LogP contribution in [-0.2, 0) is 0 Å².